The van der Waals surface area contributed by atoms with Gasteiger partial charge in [0.15, 0.2) is 5.82 Å². The summed E-state index contributed by atoms with van der Waals surface area (Å²) in [5.74, 6) is 2.02. The predicted octanol–water partition coefficient (Wildman–Crippen LogP) is 2.64. The van der Waals surface area contributed by atoms with Crippen LogP contribution in [0.3, 0.4) is 0 Å². The van der Waals surface area contributed by atoms with E-state index in [1.54, 1.807) is 4.68 Å². The molecule has 6 nitrogen and oxygen atoms in total. The molecule has 1 aromatic heterocycles. The van der Waals surface area contributed by atoms with Gasteiger partial charge in [-0.15, -0.1) is 5.10 Å². The number of carboxylic acid groups (broad SMARTS) is 1. The molecule has 0 amide bonds. The summed E-state index contributed by atoms with van der Waals surface area (Å²) < 4.78 is 1.81. The van der Waals surface area contributed by atoms with Gasteiger partial charge in [0.2, 0.25) is 0 Å². The molecule has 2 bridgehead atoms. The zero-order valence-corrected chi connectivity index (χ0v) is 13.0. The van der Waals surface area contributed by atoms with Crippen LogP contribution in [0.4, 0.5) is 0 Å². The Labute approximate surface area is 124 Å². The van der Waals surface area contributed by atoms with Crippen molar-refractivity contribution in [2.75, 3.05) is 0 Å². The molecule has 4 atom stereocenters. The molecule has 4 unspecified atom stereocenters. The van der Waals surface area contributed by atoms with Crippen molar-refractivity contribution in [1.82, 2.24) is 20.2 Å². The van der Waals surface area contributed by atoms with Crippen LogP contribution in [0.25, 0.3) is 0 Å². The van der Waals surface area contributed by atoms with E-state index in [1.807, 2.05) is 20.8 Å². The zero-order chi connectivity index (χ0) is 15.2. The van der Waals surface area contributed by atoms with Gasteiger partial charge in [-0.3, -0.25) is 4.79 Å². The van der Waals surface area contributed by atoms with Crippen molar-refractivity contribution in [3.05, 3.63) is 5.82 Å². The van der Waals surface area contributed by atoms with Crippen LogP contribution in [0, 0.1) is 17.3 Å². The van der Waals surface area contributed by atoms with Crippen LogP contribution in [0.1, 0.15) is 70.7 Å². The number of aromatic nitrogens is 4. The Morgan fingerprint density at radius 3 is 2.67 bits per heavy atom. The number of carboxylic acids is 1. The summed E-state index contributed by atoms with van der Waals surface area (Å²) in [6.07, 6.45) is 5.11. The van der Waals surface area contributed by atoms with Crippen LogP contribution in [-0.4, -0.2) is 31.3 Å². The zero-order valence-electron chi connectivity index (χ0n) is 13.0. The molecule has 0 aromatic carbocycles. The van der Waals surface area contributed by atoms with Crippen molar-refractivity contribution in [2.45, 2.75) is 64.8 Å². The van der Waals surface area contributed by atoms with Crippen molar-refractivity contribution >= 4 is 5.97 Å². The number of tetrazole rings is 1. The van der Waals surface area contributed by atoms with E-state index in [4.69, 9.17) is 0 Å². The standard InChI is InChI=1S/C15H24N4O2/c1-15(2,3)12(8-13(20)21)19-14(16-17-18-19)11-7-9-4-5-10(11)6-9/h9-12H,4-8H2,1-3H3,(H,20,21). The van der Waals surface area contributed by atoms with Gasteiger partial charge < -0.3 is 5.11 Å². The molecule has 0 saturated heterocycles. The van der Waals surface area contributed by atoms with Gasteiger partial charge in [0.05, 0.1) is 12.5 Å². The molecular weight excluding hydrogens is 268 g/mol. The lowest BCUT2D eigenvalue weighted by Crippen LogP contribution is -2.30. The van der Waals surface area contributed by atoms with Gasteiger partial charge in [-0.1, -0.05) is 27.2 Å². The van der Waals surface area contributed by atoms with Crippen LogP contribution in [0.5, 0.6) is 0 Å². The highest BCUT2D eigenvalue weighted by atomic mass is 16.4. The van der Waals surface area contributed by atoms with Gasteiger partial charge in [-0.05, 0) is 46.9 Å². The topological polar surface area (TPSA) is 80.9 Å². The Morgan fingerprint density at radius 2 is 2.14 bits per heavy atom. The molecule has 3 rings (SSSR count). The minimum Gasteiger partial charge on any atom is -0.481 e. The summed E-state index contributed by atoms with van der Waals surface area (Å²) in [5.41, 5.74) is -0.194. The van der Waals surface area contributed by atoms with Crippen molar-refractivity contribution in [2.24, 2.45) is 17.3 Å². The van der Waals surface area contributed by atoms with E-state index < -0.39 is 5.97 Å². The maximum atomic E-state index is 11.2. The molecule has 2 saturated carbocycles. The molecule has 2 aliphatic carbocycles. The smallest absolute Gasteiger partial charge is 0.305 e. The number of carbonyl (C=O) groups is 1. The summed E-state index contributed by atoms with van der Waals surface area (Å²) in [4.78, 5) is 11.2. The van der Waals surface area contributed by atoms with Gasteiger partial charge in [0.25, 0.3) is 0 Å². The molecule has 1 N–H and O–H groups in total. The van der Waals surface area contributed by atoms with E-state index in [0.29, 0.717) is 11.8 Å². The Morgan fingerprint density at radius 1 is 1.38 bits per heavy atom. The average Bonchev–Trinajstić information content (AvgIpc) is 3.09. The van der Waals surface area contributed by atoms with Gasteiger partial charge in [-0.2, -0.15) is 0 Å². The first kappa shape index (κ1) is 14.5. The first-order chi connectivity index (χ1) is 9.86. The summed E-state index contributed by atoms with van der Waals surface area (Å²) in [6.45, 7) is 6.15. The molecule has 2 aliphatic rings. The van der Waals surface area contributed by atoms with Crippen LogP contribution in [-0.2, 0) is 4.79 Å². The molecule has 0 spiro atoms. The van der Waals surface area contributed by atoms with E-state index in [1.165, 1.54) is 19.3 Å². The Hall–Kier alpha value is -1.46. The fourth-order valence-corrected chi connectivity index (χ4v) is 4.15. The van der Waals surface area contributed by atoms with Gasteiger partial charge >= 0.3 is 5.97 Å². The first-order valence-corrected chi connectivity index (χ1v) is 7.86. The lowest BCUT2D eigenvalue weighted by Gasteiger charge is -2.31. The first-order valence-electron chi connectivity index (χ1n) is 7.86. The fraction of sp³-hybridized carbons (Fsp3) is 0.867. The van der Waals surface area contributed by atoms with Gasteiger partial charge in [0, 0.05) is 5.92 Å². The minimum atomic E-state index is -0.802. The third kappa shape index (κ3) is 2.68. The van der Waals surface area contributed by atoms with Gasteiger partial charge in [0.1, 0.15) is 0 Å². The van der Waals surface area contributed by atoms with E-state index in [9.17, 15) is 9.90 Å². The summed E-state index contributed by atoms with van der Waals surface area (Å²) >= 11 is 0. The third-order valence-corrected chi connectivity index (χ3v) is 5.25. The molecule has 0 aliphatic heterocycles. The summed E-state index contributed by atoms with van der Waals surface area (Å²) in [7, 11) is 0. The highest BCUT2D eigenvalue weighted by molar-refractivity contribution is 5.67. The largest absolute Gasteiger partial charge is 0.481 e. The number of nitrogens with zero attached hydrogens (tertiary/aromatic N) is 4. The minimum absolute atomic E-state index is 0.0579. The lowest BCUT2D eigenvalue weighted by molar-refractivity contribution is -0.138. The fourth-order valence-electron chi connectivity index (χ4n) is 4.15. The summed E-state index contributed by atoms with van der Waals surface area (Å²) in [5, 5.41) is 21.5. The molecule has 1 heterocycles. The molecule has 21 heavy (non-hydrogen) atoms. The molecular formula is C15H24N4O2. The van der Waals surface area contributed by atoms with Crippen LogP contribution in [0.2, 0.25) is 0 Å². The second-order valence-electron chi connectivity index (χ2n) is 7.74. The number of fused-ring (bicyclic) bond motifs is 2. The highest BCUT2D eigenvalue weighted by Crippen LogP contribution is 2.52. The number of hydrogen-bond donors (Lipinski definition) is 1. The van der Waals surface area contributed by atoms with Crippen LogP contribution < -0.4 is 0 Å². The Bertz CT molecular complexity index is 534. The third-order valence-electron chi connectivity index (χ3n) is 5.25. The second kappa shape index (κ2) is 5.07. The lowest BCUT2D eigenvalue weighted by atomic mass is 9.83. The normalized spacial score (nSPS) is 29.8. The van der Waals surface area contributed by atoms with Crippen LogP contribution in [0.15, 0.2) is 0 Å². The molecule has 116 valence electrons. The Balaban J connectivity index is 1.91. The van der Waals surface area contributed by atoms with Crippen molar-refractivity contribution in [3.8, 4) is 0 Å². The molecule has 0 radical (unpaired) electrons. The second-order valence-corrected chi connectivity index (χ2v) is 7.74. The van der Waals surface area contributed by atoms with E-state index in [0.717, 1.165) is 18.2 Å². The van der Waals surface area contributed by atoms with E-state index >= 15 is 0 Å². The van der Waals surface area contributed by atoms with Crippen molar-refractivity contribution < 1.29 is 9.90 Å². The van der Waals surface area contributed by atoms with Crippen molar-refractivity contribution in [3.63, 3.8) is 0 Å². The quantitative estimate of drug-likeness (QED) is 0.922. The highest BCUT2D eigenvalue weighted by Gasteiger charge is 2.44. The monoisotopic (exact) mass is 292 g/mol. The van der Waals surface area contributed by atoms with Crippen LogP contribution >= 0.6 is 0 Å². The molecule has 1 aromatic rings. The summed E-state index contributed by atoms with van der Waals surface area (Å²) in [6, 6.07) is -0.209. The van der Waals surface area contributed by atoms with E-state index in [-0.39, 0.29) is 17.9 Å². The van der Waals surface area contributed by atoms with E-state index in [2.05, 4.69) is 15.5 Å². The SMILES string of the molecule is CC(C)(C)C(CC(=O)O)n1nnnc1C1CC2CCC1C2. The number of rotatable bonds is 4. The predicted molar refractivity (Wildman–Crippen MR) is 76.8 cm³/mol. The maximum absolute atomic E-state index is 11.2. The number of aliphatic carboxylic acids is 1. The maximum Gasteiger partial charge on any atom is 0.305 e. The Kier molecular flexibility index (Phi) is 3.50. The van der Waals surface area contributed by atoms with Gasteiger partial charge in [-0.25, -0.2) is 4.68 Å². The molecule has 2 fully saturated rings. The van der Waals surface area contributed by atoms with Crippen molar-refractivity contribution in [1.29, 1.82) is 0 Å². The molecule has 6 heteroatoms. The number of hydrogen-bond acceptors (Lipinski definition) is 4. The average molecular weight is 292 g/mol.